The molecule has 90 valence electrons. The summed E-state index contributed by atoms with van der Waals surface area (Å²) in [7, 11) is 1.67. The van der Waals surface area contributed by atoms with Crippen molar-refractivity contribution in [3.05, 3.63) is 35.9 Å². The van der Waals surface area contributed by atoms with Crippen molar-refractivity contribution in [3.8, 4) is 6.07 Å². The average Bonchev–Trinajstić information content (AvgIpc) is 2.37. The van der Waals surface area contributed by atoms with Gasteiger partial charge in [-0.2, -0.15) is 5.26 Å². The number of benzene rings is 1. The van der Waals surface area contributed by atoms with Crippen LogP contribution in [0.4, 0.5) is 4.79 Å². The maximum Gasteiger partial charge on any atom is 0.409 e. The summed E-state index contributed by atoms with van der Waals surface area (Å²) in [5, 5.41) is 8.39. The number of carbonyl (C=O) groups is 1. The minimum atomic E-state index is -0.355. The molecule has 0 saturated heterocycles. The molecule has 1 amide bonds. The molecule has 0 aliphatic carbocycles. The Bertz CT molecular complexity index is 384. The van der Waals surface area contributed by atoms with Crippen LogP contribution in [0.2, 0.25) is 0 Å². The third-order valence-corrected chi connectivity index (χ3v) is 2.30. The van der Waals surface area contributed by atoms with E-state index in [4.69, 9.17) is 10.00 Å². The summed E-state index contributed by atoms with van der Waals surface area (Å²) in [5.74, 6) is 0. The van der Waals surface area contributed by atoms with Crippen LogP contribution in [0.3, 0.4) is 0 Å². The lowest BCUT2D eigenvalue weighted by molar-refractivity contribution is 0.104. The molecule has 4 heteroatoms. The number of carbonyl (C=O) groups excluding carboxylic acids is 1. The van der Waals surface area contributed by atoms with Crippen molar-refractivity contribution in [2.45, 2.75) is 19.4 Å². The number of unbranched alkanes of at least 4 members (excludes halogenated alkanes) is 1. The van der Waals surface area contributed by atoms with Crippen LogP contribution in [-0.4, -0.2) is 24.6 Å². The third-order valence-electron chi connectivity index (χ3n) is 2.30. The number of hydrogen-bond donors (Lipinski definition) is 0. The maximum atomic E-state index is 11.5. The lowest BCUT2D eigenvalue weighted by Gasteiger charge is -2.16. The average molecular weight is 232 g/mol. The van der Waals surface area contributed by atoms with E-state index < -0.39 is 0 Å². The molecule has 1 aromatic carbocycles. The molecule has 0 atom stereocenters. The van der Waals surface area contributed by atoms with Crippen molar-refractivity contribution < 1.29 is 9.53 Å². The molecule has 0 spiro atoms. The quantitative estimate of drug-likeness (QED) is 0.733. The number of ether oxygens (including phenoxy) is 1. The third kappa shape index (κ3) is 5.03. The molecule has 17 heavy (non-hydrogen) atoms. The van der Waals surface area contributed by atoms with Gasteiger partial charge in [-0.3, -0.25) is 0 Å². The van der Waals surface area contributed by atoms with Gasteiger partial charge in [0.2, 0.25) is 0 Å². The molecule has 0 heterocycles. The molecule has 1 rings (SSSR count). The summed E-state index contributed by atoms with van der Waals surface area (Å²) in [6.45, 7) is 0.823. The van der Waals surface area contributed by atoms with Crippen molar-refractivity contribution in [2.24, 2.45) is 0 Å². The molecule has 0 saturated carbocycles. The lowest BCUT2D eigenvalue weighted by atomic mass is 10.2. The van der Waals surface area contributed by atoms with E-state index in [0.29, 0.717) is 19.4 Å². The lowest BCUT2D eigenvalue weighted by Crippen LogP contribution is -2.28. The number of amides is 1. The predicted octanol–water partition coefficient (Wildman–Crippen LogP) is 2.56. The van der Waals surface area contributed by atoms with Gasteiger partial charge in [-0.1, -0.05) is 30.3 Å². The van der Waals surface area contributed by atoms with Gasteiger partial charge in [0.15, 0.2) is 0 Å². The van der Waals surface area contributed by atoms with Crippen LogP contribution in [0.1, 0.15) is 18.4 Å². The Kier molecular flexibility index (Phi) is 5.59. The van der Waals surface area contributed by atoms with Gasteiger partial charge in [-0.25, -0.2) is 4.79 Å². The summed E-state index contributed by atoms with van der Waals surface area (Å²) >= 11 is 0. The van der Waals surface area contributed by atoms with Gasteiger partial charge in [0.1, 0.15) is 6.61 Å². The van der Waals surface area contributed by atoms with E-state index in [2.05, 4.69) is 0 Å². The Morgan fingerprint density at radius 2 is 2.12 bits per heavy atom. The fourth-order valence-corrected chi connectivity index (χ4v) is 1.32. The van der Waals surface area contributed by atoms with Crippen molar-refractivity contribution >= 4 is 6.09 Å². The van der Waals surface area contributed by atoms with Crippen LogP contribution in [0.5, 0.6) is 0 Å². The Morgan fingerprint density at radius 1 is 1.41 bits per heavy atom. The second kappa shape index (κ2) is 7.29. The van der Waals surface area contributed by atoms with Gasteiger partial charge in [0.05, 0.1) is 6.07 Å². The summed E-state index contributed by atoms with van der Waals surface area (Å²) in [6.07, 6.45) is 0.774. The summed E-state index contributed by atoms with van der Waals surface area (Å²) in [5.41, 5.74) is 0.964. The van der Waals surface area contributed by atoms with E-state index in [0.717, 1.165) is 5.56 Å². The SMILES string of the molecule is CN(CCCC#N)C(=O)OCc1ccccc1. The van der Waals surface area contributed by atoms with Gasteiger partial charge in [-0.05, 0) is 12.0 Å². The zero-order chi connectivity index (χ0) is 12.5. The normalized spacial score (nSPS) is 9.41. The molecular weight excluding hydrogens is 216 g/mol. The van der Waals surface area contributed by atoms with E-state index in [1.165, 1.54) is 4.90 Å². The Hall–Kier alpha value is -2.02. The first kappa shape index (κ1) is 13.0. The van der Waals surface area contributed by atoms with Crippen LogP contribution < -0.4 is 0 Å². The highest BCUT2D eigenvalue weighted by molar-refractivity contribution is 5.67. The smallest absolute Gasteiger partial charge is 0.409 e. The highest BCUT2D eigenvalue weighted by Crippen LogP contribution is 2.03. The summed E-state index contributed by atoms with van der Waals surface area (Å²) < 4.78 is 5.12. The Morgan fingerprint density at radius 3 is 2.76 bits per heavy atom. The molecule has 0 aliphatic heterocycles. The standard InChI is InChI=1S/C13H16N2O2/c1-15(10-6-5-9-14)13(16)17-11-12-7-3-2-4-8-12/h2-4,7-8H,5-6,10-11H2,1H3. The van der Waals surface area contributed by atoms with Crippen LogP contribution in [0.25, 0.3) is 0 Å². The predicted molar refractivity (Wildman–Crippen MR) is 64.1 cm³/mol. The second-order valence-electron chi connectivity index (χ2n) is 3.72. The van der Waals surface area contributed by atoms with Gasteiger partial charge in [0, 0.05) is 20.0 Å². The number of rotatable bonds is 5. The van der Waals surface area contributed by atoms with Crippen LogP contribution >= 0.6 is 0 Å². The van der Waals surface area contributed by atoms with Crippen molar-refractivity contribution in [1.29, 1.82) is 5.26 Å². The summed E-state index contributed by atoms with van der Waals surface area (Å²) in [6, 6.07) is 11.6. The first-order valence-electron chi connectivity index (χ1n) is 5.53. The molecule has 0 aliphatic rings. The van der Waals surface area contributed by atoms with E-state index >= 15 is 0 Å². The van der Waals surface area contributed by atoms with Gasteiger partial charge in [-0.15, -0.1) is 0 Å². The second-order valence-corrected chi connectivity index (χ2v) is 3.72. The van der Waals surface area contributed by atoms with E-state index in [1.54, 1.807) is 7.05 Å². The fraction of sp³-hybridized carbons (Fsp3) is 0.385. The minimum Gasteiger partial charge on any atom is -0.445 e. The monoisotopic (exact) mass is 232 g/mol. The topological polar surface area (TPSA) is 53.3 Å². The van der Waals surface area contributed by atoms with Gasteiger partial charge >= 0.3 is 6.09 Å². The highest BCUT2D eigenvalue weighted by atomic mass is 16.6. The van der Waals surface area contributed by atoms with E-state index in [1.807, 2.05) is 36.4 Å². The molecule has 0 radical (unpaired) electrons. The first-order chi connectivity index (χ1) is 8.24. The molecule has 0 bridgehead atoms. The highest BCUT2D eigenvalue weighted by Gasteiger charge is 2.09. The van der Waals surface area contributed by atoms with Gasteiger partial charge < -0.3 is 9.64 Å². The molecule has 4 nitrogen and oxygen atoms in total. The van der Waals surface area contributed by atoms with Gasteiger partial charge in [0.25, 0.3) is 0 Å². The van der Waals surface area contributed by atoms with E-state index in [9.17, 15) is 4.79 Å². The van der Waals surface area contributed by atoms with Crippen molar-refractivity contribution in [3.63, 3.8) is 0 Å². The van der Waals surface area contributed by atoms with Crippen LogP contribution in [0, 0.1) is 11.3 Å². The van der Waals surface area contributed by atoms with Crippen molar-refractivity contribution in [2.75, 3.05) is 13.6 Å². The molecule has 0 N–H and O–H groups in total. The first-order valence-corrected chi connectivity index (χ1v) is 5.53. The maximum absolute atomic E-state index is 11.5. The zero-order valence-electron chi connectivity index (χ0n) is 9.93. The van der Waals surface area contributed by atoms with Crippen LogP contribution in [0.15, 0.2) is 30.3 Å². The zero-order valence-corrected chi connectivity index (χ0v) is 9.93. The number of hydrogen-bond acceptors (Lipinski definition) is 3. The minimum absolute atomic E-state index is 0.280. The molecular formula is C13H16N2O2. The molecule has 0 fully saturated rings. The van der Waals surface area contributed by atoms with Crippen molar-refractivity contribution in [1.82, 2.24) is 4.90 Å². The Labute approximate surface area is 101 Å². The van der Waals surface area contributed by atoms with E-state index in [-0.39, 0.29) is 12.7 Å². The number of nitrogens with zero attached hydrogens (tertiary/aromatic N) is 2. The number of nitriles is 1. The Balaban J connectivity index is 2.27. The molecule has 1 aromatic rings. The molecule has 0 unspecified atom stereocenters. The molecule has 0 aromatic heterocycles. The fourth-order valence-electron chi connectivity index (χ4n) is 1.32. The summed E-state index contributed by atoms with van der Waals surface area (Å²) in [4.78, 5) is 13.0. The van der Waals surface area contributed by atoms with Crippen LogP contribution in [-0.2, 0) is 11.3 Å². The largest absolute Gasteiger partial charge is 0.445 e.